The van der Waals surface area contributed by atoms with Gasteiger partial charge in [0.2, 0.25) is 0 Å². The Morgan fingerprint density at radius 3 is 2.48 bits per heavy atom. The van der Waals surface area contributed by atoms with E-state index in [1.54, 1.807) is 13.8 Å². The van der Waals surface area contributed by atoms with Crippen LogP contribution in [-0.2, 0) is 6.18 Å². The minimum absolute atomic E-state index is 0.124. The molecule has 0 spiro atoms. The molecule has 0 aliphatic heterocycles. The number of primary amides is 1. The number of anilines is 1. The van der Waals surface area contributed by atoms with Gasteiger partial charge in [-0.05, 0) is 31.9 Å². The summed E-state index contributed by atoms with van der Waals surface area (Å²) in [4.78, 5) is 14.8. The minimum Gasteiger partial charge on any atom is -0.396 e. The molecule has 1 amide bonds. The van der Waals surface area contributed by atoms with Crippen LogP contribution in [0.25, 0.3) is 0 Å². The fourth-order valence-electron chi connectivity index (χ4n) is 1.77. The molecule has 118 valence electrons. The van der Waals surface area contributed by atoms with Crippen molar-refractivity contribution in [1.29, 1.82) is 0 Å². The summed E-state index contributed by atoms with van der Waals surface area (Å²) in [7, 11) is 0. The number of hydrogen-bond donors (Lipinski definition) is 3. The standard InChI is InChI=1S/C13H18F3N3O2/c1-3-12(2,6-7-20)19-11-8(10(17)21)4-5-9(18-11)13(14,15)16/h4-5,20H,3,6-7H2,1-2H3,(H2,17,21)(H,18,19). The van der Waals surface area contributed by atoms with Crippen molar-refractivity contribution < 1.29 is 23.1 Å². The number of rotatable bonds is 6. The predicted octanol–water partition coefficient (Wildman–Crippen LogP) is 2.16. The lowest BCUT2D eigenvalue weighted by atomic mass is 9.94. The Hall–Kier alpha value is -1.83. The van der Waals surface area contributed by atoms with Crippen LogP contribution >= 0.6 is 0 Å². The zero-order valence-electron chi connectivity index (χ0n) is 11.8. The number of nitrogens with one attached hydrogen (secondary N) is 1. The van der Waals surface area contributed by atoms with Gasteiger partial charge in [-0.1, -0.05) is 6.92 Å². The summed E-state index contributed by atoms with van der Waals surface area (Å²) in [6, 6.07) is 1.70. The highest BCUT2D eigenvalue weighted by Crippen LogP contribution is 2.31. The fraction of sp³-hybridized carbons (Fsp3) is 0.538. The normalized spacial score (nSPS) is 14.6. The zero-order valence-corrected chi connectivity index (χ0v) is 11.8. The maximum absolute atomic E-state index is 12.7. The number of nitrogens with zero attached hydrogens (tertiary/aromatic N) is 1. The van der Waals surface area contributed by atoms with E-state index in [4.69, 9.17) is 10.8 Å². The molecule has 0 saturated carbocycles. The molecule has 1 unspecified atom stereocenters. The van der Waals surface area contributed by atoms with Gasteiger partial charge in [0, 0.05) is 12.1 Å². The number of carbonyl (C=O) groups excluding carboxylic acids is 1. The summed E-state index contributed by atoms with van der Waals surface area (Å²) in [6.07, 6.45) is -3.81. The highest BCUT2D eigenvalue weighted by atomic mass is 19.4. The molecular formula is C13H18F3N3O2. The number of aliphatic hydroxyl groups is 1. The summed E-state index contributed by atoms with van der Waals surface area (Å²) < 4.78 is 38.2. The smallest absolute Gasteiger partial charge is 0.396 e. The van der Waals surface area contributed by atoms with E-state index in [-0.39, 0.29) is 18.0 Å². The Balaban J connectivity index is 3.27. The van der Waals surface area contributed by atoms with E-state index < -0.39 is 23.3 Å². The fourth-order valence-corrected chi connectivity index (χ4v) is 1.77. The highest BCUT2D eigenvalue weighted by Gasteiger charge is 2.34. The number of amides is 1. The van der Waals surface area contributed by atoms with Crippen molar-refractivity contribution in [3.63, 3.8) is 0 Å². The molecule has 1 aromatic rings. The van der Waals surface area contributed by atoms with Crippen LogP contribution < -0.4 is 11.1 Å². The van der Waals surface area contributed by atoms with E-state index in [0.29, 0.717) is 18.9 Å². The number of pyridine rings is 1. The van der Waals surface area contributed by atoms with Gasteiger partial charge in [-0.25, -0.2) is 4.98 Å². The van der Waals surface area contributed by atoms with Crippen LogP contribution in [0.4, 0.5) is 19.0 Å². The van der Waals surface area contributed by atoms with Crippen molar-refractivity contribution in [3.8, 4) is 0 Å². The van der Waals surface area contributed by atoms with Crippen molar-refractivity contribution >= 4 is 11.7 Å². The Morgan fingerprint density at radius 2 is 2.05 bits per heavy atom. The summed E-state index contributed by atoms with van der Waals surface area (Å²) in [5.41, 5.74) is 3.22. The monoisotopic (exact) mass is 305 g/mol. The number of carbonyl (C=O) groups is 1. The van der Waals surface area contributed by atoms with Crippen LogP contribution in [0.1, 0.15) is 42.7 Å². The Labute approximate surface area is 120 Å². The lowest BCUT2D eigenvalue weighted by Crippen LogP contribution is -2.36. The first-order valence-electron chi connectivity index (χ1n) is 6.40. The lowest BCUT2D eigenvalue weighted by Gasteiger charge is -2.30. The van der Waals surface area contributed by atoms with Crippen LogP contribution in [0.5, 0.6) is 0 Å². The molecule has 0 fully saturated rings. The van der Waals surface area contributed by atoms with E-state index >= 15 is 0 Å². The second-order valence-electron chi connectivity index (χ2n) is 4.97. The second-order valence-corrected chi connectivity index (χ2v) is 4.97. The topological polar surface area (TPSA) is 88.2 Å². The molecule has 8 heteroatoms. The number of halogens is 3. The average Bonchev–Trinajstić information content (AvgIpc) is 2.37. The van der Waals surface area contributed by atoms with Crippen LogP contribution in [0.15, 0.2) is 12.1 Å². The summed E-state index contributed by atoms with van der Waals surface area (Å²) in [6.45, 7) is 3.37. The van der Waals surface area contributed by atoms with Gasteiger partial charge in [0.15, 0.2) is 0 Å². The van der Waals surface area contributed by atoms with Gasteiger partial charge in [-0.3, -0.25) is 4.79 Å². The van der Waals surface area contributed by atoms with E-state index in [0.717, 1.165) is 6.07 Å². The predicted molar refractivity (Wildman–Crippen MR) is 71.8 cm³/mol. The van der Waals surface area contributed by atoms with Crippen LogP contribution in [0.3, 0.4) is 0 Å². The second kappa shape index (κ2) is 6.30. The minimum atomic E-state index is -4.62. The first-order valence-corrected chi connectivity index (χ1v) is 6.40. The van der Waals surface area contributed by atoms with Gasteiger partial charge in [-0.2, -0.15) is 13.2 Å². The summed E-state index contributed by atoms with van der Waals surface area (Å²) in [5, 5.41) is 11.8. The number of aromatic nitrogens is 1. The summed E-state index contributed by atoms with van der Waals surface area (Å²) >= 11 is 0. The first kappa shape index (κ1) is 17.2. The molecule has 1 atom stereocenters. The van der Waals surface area contributed by atoms with Gasteiger partial charge in [0.05, 0.1) is 5.56 Å². The van der Waals surface area contributed by atoms with E-state index in [9.17, 15) is 18.0 Å². The van der Waals surface area contributed by atoms with E-state index in [1.165, 1.54) is 0 Å². The highest BCUT2D eigenvalue weighted by molar-refractivity contribution is 5.97. The van der Waals surface area contributed by atoms with Gasteiger partial charge in [0.25, 0.3) is 5.91 Å². The molecule has 1 aromatic heterocycles. The van der Waals surface area contributed by atoms with E-state index in [1.807, 2.05) is 0 Å². The van der Waals surface area contributed by atoms with Crippen molar-refractivity contribution in [1.82, 2.24) is 4.98 Å². The molecule has 0 aliphatic carbocycles. The SMILES string of the molecule is CCC(C)(CCO)Nc1nc(C(F)(F)F)ccc1C(N)=O. The molecule has 0 bridgehead atoms. The van der Waals surface area contributed by atoms with E-state index in [2.05, 4.69) is 10.3 Å². The number of hydrogen-bond acceptors (Lipinski definition) is 4. The number of nitrogens with two attached hydrogens (primary N) is 1. The third-order valence-electron chi connectivity index (χ3n) is 3.32. The molecule has 1 heterocycles. The molecule has 1 rings (SSSR count). The van der Waals surface area contributed by atoms with Crippen molar-refractivity contribution in [2.45, 2.75) is 38.4 Å². The van der Waals surface area contributed by atoms with Crippen molar-refractivity contribution in [2.24, 2.45) is 5.73 Å². The molecule has 0 aromatic carbocycles. The number of aliphatic hydroxyl groups excluding tert-OH is 1. The molecular weight excluding hydrogens is 287 g/mol. The first-order chi connectivity index (χ1) is 9.63. The molecule has 21 heavy (non-hydrogen) atoms. The molecule has 4 N–H and O–H groups in total. The Kier molecular flexibility index (Phi) is 5.16. The van der Waals surface area contributed by atoms with Gasteiger partial charge in [-0.15, -0.1) is 0 Å². The largest absolute Gasteiger partial charge is 0.433 e. The van der Waals surface area contributed by atoms with Crippen molar-refractivity contribution in [3.05, 3.63) is 23.4 Å². The molecule has 0 aliphatic rings. The maximum Gasteiger partial charge on any atom is 0.433 e. The Morgan fingerprint density at radius 1 is 1.43 bits per heavy atom. The zero-order chi connectivity index (χ0) is 16.3. The maximum atomic E-state index is 12.7. The van der Waals surface area contributed by atoms with Crippen LogP contribution in [-0.4, -0.2) is 28.1 Å². The van der Waals surface area contributed by atoms with Crippen LogP contribution in [0.2, 0.25) is 0 Å². The van der Waals surface area contributed by atoms with Crippen LogP contribution in [0, 0.1) is 0 Å². The Bertz CT molecular complexity index is 520. The quantitative estimate of drug-likeness (QED) is 0.751. The third-order valence-corrected chi connectivity index (χ3v) is 3.32. The average molecular weight is 305 g/mol. The van der Waals surface area contributed by atoms with Gasteiger partial charge < -0.3 is 16.2 Å². The summed E-state index contributed by atoms with van der Waals surface area (Å²) in [5.74, 6) is -1.10. The molecule has 0 saturated heterocycles. The van der Waals surface area contributed by atoms with Crippen molar-refractivity contribution in [2.75, 3.05) is 11.9 Å². The van der Waals surface area contributed by atoms with Gasteiger partial charge in [0.1, 0.15) is 11.5 Å². The third kappa shape index (κ3) is 4.32. The molecule has 0 radical (unpaired) electrons. The van der Waals surface area contributed by atoms with Gasteiger partial charge >= 0.3 is 6.18 Å². The number of alkyl halides is 3. The lowest BCUT2D eigenvalue weighted by molar-refractivity contribution is -0.141. The molecule has 5 nitrogen and oxygen atoms in total.